The van der Waals surface area contributed by atoms with Gasteiger partial charge in [-0.05, 0) is 35.9 Å². The van der Waals surface area contributed by atoms with Gasteiger partial charge in [-0.1, -0.05) is 29.3 Å². The van der Waals surface area contributed by atoms with Crippen molar-refractivity contribution < 1.29 is 13.9 Å². The van der Waals surface area contributed by atoms with Gasteiger partial charge in [-0.25, -0.2) is 8.78 Å². The van der Waals surface area contributed by atoms with Gasteiger partial charge in [-0.3, -0.25) is 0 Å². The van der Waals surface area contributed by atoms with Crippen LogP contribution in [0.2, 0.25) is 10.0 Å². The number of hydrogen-bond donors (Lipinski definition) is 2. The van der Waals surface area contributed by atoms with E-state index in [1.807, 2.05) is 0 Å². The van der Waals surface area contributed by atoms with Crippen molar-refractivity contribution in [3.05, 3.63) is 63.6 Å². The summed E-state index contributed by atoms with van der Waals surface area (Å²) in [4.78, 5) is 0. The highest BCUT2D eigenvalue weighted by Gasteiger charge is 2.11. The summed E-state index contributed by atoms with van der Waals surface area (Å²) in [6.07, 6.45) is -0.989. The van der Waals surface area contributed by atoms with E-state index < -0.39 is 17.7 Å². The fourth-order valence-corrected chi connectivity index (χ4v) is 2.15. The normalized spacial score (nSPS) is 12.2. The van der Waals surface area contributed by atoms with Crippen molar-refractivity contribution in [2.75, 3.05) is 11.9 Å². The zero-order valence-corrected chi connectivity index (χ0v) is 11.7. The van der Waals surface area contributed by atoms with E-state index in [1.54, 1.807) is 18.2 Å². The molecule has 0 aliphatic carbocycles. The van der Waals surface area contributed by atoms with Crippen LogP contribution < -0.4 is 5.32 Å². The van der Waals surface area contributed by atoms with E-state index in [0.717, 1.165) is 12.1 Å². The monoisotopic (exact) mass is 317 g/mol. The van der Waals surface area contributed by atoms with E-state index in [-0.39, 0.29) is 12.1 Å². The maximum Gasteiger partial charge on any atom is 0.159 e. The SMILES string of the molecule is OC(CNc1ccc(Cl)cc1Cl)c1ccc(F)c(F)c1. The topological polar surface area (TPSA) is 32.3 Å². The van der Waals surface area contributed by atoms with Crippen LogP contribution in [0.5, 0.6) is 0 Å². The predicted molar refractivity (Wildman–Crippen MR) is 76.3 cm³/mol. The summed E-state index contributed by atoms with van der Waals surface area (Å²) < 4.78 is 25.9. The summed E-state index contributed by atoms with van der Waals surface area (Å²) in [5.41, 5.74) is 0.874. The number of halogens is 4. The van der Waals surface area contributed by atoms with Crippen LogP contribution in [-0.4, -0.2) is 11.7 Å². The van der Waals surface area contributed by atoms with Gasteiger partial charge in [0.1, 0.15) is 0 Å². The fourth-order valence-electron chi connectivity index (χ4n) is 1.68. The summed E-state index contributed by atoms with van der Waals surface area (Å²) in [6, 6.07) is 8.15. The van der Waals surface area contributed by atoms with Gasteiger partial charge in [0.25, 0.3) is 0 Å². The summed E-state index contributed by atoms with van der Waals surface area (Å²) in [5, 5.41) is 13.8. The Morgan fingerprint density at radius 1 is 1.05 bits per heavy atom. The molecule has 2 aromatic rings. The van der Waals surface area contributed by atoms with E-state index in [2.05, 4.69) is 5.32 Å². The van der Waals surface area contributed by atoms with Crippen LogP contribution in [0.3, 0.4) is 0 Å². The molecule has 2 aromatic carbocycles. The highest BCUT2D eigenvalue weighted by atomic mass is 35.5. The summed E-state index contributed by atoms with van der Waals surface area (Å²) in [6.45, 7) is 0.104. The molecule has 0 fully saturated rings. The smallest absolute Gasteiger partial charge is 0.159 e. The van der Waals surface area contributed by atoms with Crippen LogP contribution in [0.1, 0.15) is 11.7 Å². The fraction of sp³-hybridized carbons (Fsp3) is 0.143. The van der Waals surface area contributed by atoms with Crippen LogP contribution >= 0.6 is 23.2 Å². The molecule has 0 aliphatic rings. The first-order valence-electron chi connectivity index (χ1n) is 5.79. The first-order chi connectivity index (χ1) is 9.47. The number of anilines is 1. The Balaban J connectivity index is 2.04. The van der Waals surface area contributed by atoms with Crippen molar-refractivity contribution >= 4 is 28.9 Å². The van der Waals surface area contributed by atoms with Crippen LogP contribution in [0.25, 0.3) is 0 Å². The molecule has 20 heavy (non-hydrogen) atoms. The predicted octanol–water partition coefficient (Wildman–Crippen LogP) is 4.42. The molecule has 0 saturated carbocycles. The molecule has 0 aliphatic heterocycles. The third-order valence-electron chi connectivity index (χ3n) is 2.75. The Kier molecular flexibility index (Phi) is 4.81. The Hall–Kier alpha value is -1.36. The van der Waals surface area contributed by atoms with Crippen molar-refractivity contribution in [2.24, 2.45) is 0 Å². The summed E-state index contributed by atoms with van der Waals surface area (Å²) in [7, 11) is 0. The Labute approximate surface area is 125 Å². The summed E-state index contributed by atoms with van der Waals surface area (Å²) in [5.74, 6) is -1.94. The maximum absolute atomic E-state index is 13.1. The minimum absolute atomic E-state index is 0.104. The molecule has 1 unspecified atom stereocenters. The second-order valence-corrected chi connectivity index (χ2v) is 5.04. The molecule has 2 nitrogen and oxygen atoms in total. The van der Waals surface area contributed by atoms with Crippen LogP contribution in [0, 0.1) is 11.6 Å². The number of nitrogens with one attached hydrogen (secondary N) is 1. The summed E-state index contributed by atoms with van der Waals surface area (Å²) >= 11 is 11.7. The quantitative estimate of drug-likeness (QED) is 0.875. The molecule has 0 amide bonds. The van der Waals surface area contributed by atoms with Crippen molar-refractivity contribution in [2.45, 2.75) is 6.10 Å². The lowest BCUT2D eigenvalue weighted by Gasteiger charge is -2.14. The molecular formula is C14H11Cl2F2NO. The Morgan fingerprint density at radius 3 is 2.45 bits per heavy atom. The molecule has 1 atom stereocenters. The molecule has 0 aromatic heterocycles. The van der Waals surface area contributed by atoms with E-state index in [1.165, 1.54) is 6.07 Å². The van der Waals surface area contributed by atoms with E-state index in [0.29, 0.717) is 15.7 Å². The van der Waals surface area contributed by atoms with Gasteiger partial charge in [0, 0.05) is 11.6 Å². The van der Waals surface area contributed by atoms with Crippen molar-refractivity contribution in [1.82, 2.24) is 0 Å². The van der Waals surface area contributed by atoms with Gasteiger partial charge < -0.3 is 10.4 Å². The van der Waals surface area contributed by atoms with Gasteiger partial charge in [-0.2, -0.15) is 0 Å². The zero-order chi connectivity index (χ0) is 14.7. The second-order valence-electron chi connectivity index (χ2n) is 4.19. The van der Waals surface area contributed by atoms with Gasteiger partial charge in [-0.15, -0.1) is 0 Å². The highest BCUT2D eigenvalue weighted by Crippen LogP contribution is 2.26. The van der Waals surface area contributed by atoms with Gasteiger partial charge >= 0.3 is 0 Å². The van der Waals surface area contributed by atoms with Gasteiger partial charge in [0.05, 0.1) is 16.8 Å². The van der Waals surface area contributed by atoms with E-state index >= 15 is 0 Å². The lowest BCUT2D eigenvalue weighted by atomic mass is 10.1. The van der Waals surface area contributed by atoms with Crippen molar-refractivity contribution in [3.63, 3.8) is 0 Å². The lowest BCUT2D eigenvalue weighted by Crippen LogP contribution is -2.12. The van der Waals surface area contributed by atoms with Crippen molar-refractivity contribution in [1.29, 1.82) is 0 Å². The minimum Gasteiger partial charge on any atom is -0.387 e. The molecule has 106 valence electrons. The molecule has 0 saturated heterocycles. The molecule has 0 spiro atoms. The molecule has 0 radical (unpaired) electrons. The first kappa shape index (κ1) is 15.0. The molecule has 2 N–H and O–H groups in total. The molecule has 6 heteroatoms. The van der Waals surface area contributed by atoms with E-state index in [4.69, 9.17) is 23.2 Å². The van der Waals surface area contributed by atoms with Gasteiger partial charge in [0.15, 0.2) is 11.6 Å². The molecule has 0 heterocycles. The largest absolute Gasteiger partial charge is 0.387 e. The van der Waals surface area contributed by atoms with Crippen molar-refractivity contribution in [3.8, 4) is 0 Å². The van der Waals surface area contributed by atoms with Crippen LogP contribution in [-0.2, 0) is 0 Å². The number of rotatable bonds is 4. The second kappa shape index (κ2) is 6.39. The zero-order valence-electron chi connectivity index (χ0n) is 10.2. The third-order valence-corrected chi connectivity index (χ3v) is 3.29. The Morgan fingerprint density at radius 2 is 1.80 bits per heavy atom. The van der Waals surface area contributed by atoms with Crippen LogP contribution in [0.15, 0.2) is 36.4 Å². The lowest BCUT2D eigenvalue weighted by molar-refractivity contribution is 0.191. The average Bonchev–Trinajstić information content (AvgIpc) is 2.40. The number of aliphatic hydroxyl groups is 1. The maximum atomic E-state index is 13.1. The van der Waals surface area contributed by atoms with E-state index in [9.17, 15) is 13.9 Å². The number of aliphatic hydroxyl groups excluding tert-OH is 1. The molecule has 2 rings (SSSR count). The Bertz CT molecular complexity index is 622. The highest BCUT2D eigenvalue weighted by molar-refractivity contribution is 6.36. The first-order valence-corrected chi connectivity index (χ1v) is 6.55. The number of hydrogen-bond acceptors (Lipinski definition) is 2. The molecular weight excluding hydrogens is 307 g/mol. The average molecular weight is 318 g/mol. The minimum atomic E-state index is -0.994. The third kappa shape index (κ3) is 3.60. The molecule has 0 bridgehead atoms. The standard InChI is InChI=1S/C14H11Cl2F2NO/c15-9-2-4-13(10(16)6-9)19-7-14(20)8-1-3-11(17)12(18)5-8/h1-6,14,19-20H,7H2. The van der Waals surface area contributed by atoms with Crippen LogP contribution in [0.4, 0.5) is 14.5 Å². The number of benzene rings is 2. The van der Waals surface area contributed by atoms with Gasteiger partial charge in [0.2, 0.25) is 0 Å².